The predicted molar refractivity (Wildman–Crippen MR) is 374 cm³/mol. The molecule has 3 aliphatic rings. The zero-order chi connectivity index (χ0) is 68.9. The Morgan fingerprint density at radius 3 is 1.14 bits per heavy atom. The van der Waals surface area contributed by atoms with E-state index in [9.17, 15) is 61.0 Å². The molecule has 19 nitrogen and oxygen atoms in total. The molecule has 3 saturated heterocycles. The van der Waals surface area contributed by atoms with Crippen molar-refractivity contribution in [2.24, 2.45) is 0 Å². The molecule has 0 aliphatic carbocycles. The Bertz CT molecular complexity index is 2100. The SMILES string of the molecule is CC/C=C\C/C=C\C/C=C\C/C=C\C/C=C\C/C=C\C/C=C\CCCCCCCCCCCC(=O)NC(COC1OC(CO)C(OC2OC(CO)C(OC3OC(CO)C(O)C(O)C3O)C(O)C2O)C(O)C1O)C(O)/C=C/CCCCCCCCCCCCCCCCCCC. The first-order valence-electron chi connectivity index (χ1n) is 37.0. The van der Waals surface area contributed by atoms with Crippen LogP contribution >= 0.6 is 0 Å². The van der Waals surface area contributed by atoms with Crippen molar-refractivity contribution in [3.05, 3.63) is 97.2 Å². The maximum atomic E-state index is 13.4. The summed E-state index contributed by atoms with van der Waals surface area (Å²) in [6.07, 6.45) is 48.0. The minimum Gasteiger partial charge on any atom is -0.394 e. The standard InChI is InChI=1S/C76H131NO18/c1-3-5-7-9-11-13-15-17-19-21-23-24-25-26-27-28-29-30-31-32-33-34-36-38-40-42-44-46-48-50-52-54-64(82)77-59(60(81)53-51-49-47-45-43-41-39-37-35-22-20-18-16-14-12-10-8-6-4-2)58-90-74-70(88)67(85)72(62(56-79)92-74)95-76-71(89)68(86)73(63(57-80)93-76)94-75-69(87)66(84)65(83)61(55-78)91-75/h5,7,11,13,17,19,23-24,26-27,29-30,32-33,51,53,59-63,65-76,78-81,83-89H,3-4,6,8-10,12,14-16,18,20-22,25,28,31,34-50,52,54-58H2,1-2H3,(H,77,82)/b7-5-,13-11-,19-17-,24-23-,27-26-,30-29-,33-32-,53-51+. The lowest BCUT2D eigenvalue weighted by Crippen LogP contribution is -2.66. The van der Waals surface area contributed by atoms with E-state index in [-0.39, 0.29) is 18.9 Å². The van der Waals surface area contributed by atoms with Crippen molar-refractivity contribution >= 4 is 5.91 Å². The van der Waals surface area contributed by atoms with Crippen LogP contribution in [0.2, 0.25) is 0 Å². The summed E-state index contributed by atoms with van der Waals surface area (Å²) in [7, 11) is 0. The molecule has 0 aromatic carbocycles. The Balaban J connectivity index is 1.41. The van der Waals surface area contributed by atoms with Crippen molar-refractivity contribution < 1.29 is 89.4 Å². The molecule has 3 rings (SSSR count). The van der Waals surface area contributed by atoms with Gasteiger partial charge < -0.3 is 89.9 Å². The van der Waals surface area contributed by atoms with E-state index in [4.69, 9.17) is 28.4 Å². The van der Waals surface area contributed by atoms with Crippen molar-refractivity contribution in [3.63, 3.8) is 0 Å². The van der Waals surface area contributed by atoms with Crippen LogP contribution < -0.4 is 5.32 Å². The number of carbonyl (C=O) groups is 1. The largest absolute Gasteiger partial charge is 0.394 e. The first kappa shape index (κ1) is 85.9. The normalized spacial score (nSPS) is 27.8. The number of nitrogens with one attached hydrogen (secondary N) is 1. The van der Waals surface area contributed by atoms with Crippen LogP contribution in [-0.4, -0.2) is 193 Å². The third kappa shape index (κ3) is 37.6. The van der Waals surface area contributed by atoms with Gasteiger partial charge in [0, 0.05) is 6.42 Å². The number of rotatable bonds is 56. The average Bonchev–Trinajstić information content (AvgIpc) is 0.787. The molecule has 3 heterocycles. The Morgan fingerprint density at radius 2 is 0.726 bits per heavy atom. The highest BCUT2D eigenvalue weighted by Gasteiger charge is 2.53. The number of ether oxygens (including phenoxy) is 6. The van der Waals surface area contributed by atoms with Crippen LogP contribution in [0.3, 0.4) is 0 Å². The minimum absolute atomic E-state index is 0.230. The number of unbranched alkanes of at least 4 members (excludes halogenated alkanes) is 26. The van der Waals surface area contributed by atoms with Crippen LogP contribution in [0.15, 0.2) is 97.2 Å². The van der Waals surface area contributed by atoms with Crippen LogP contribution in [0.1, 0.15) is 245 Å². The number of aliphatic hydroxyl groups is 11. The van der Waals surface area contributed by atoms with E-state index in [0.29, 0.717) is 6.42 Å². The second-order valence-electron chi connectivity index (χ2n) is 26.0. The molecule has 12 N–H and O–H groups in total. The number of hydrogen-bond donors (Lipinski definition) is 12. The summed E-state index contributed by atoms with van der Waals surface area (Å²) < 4.78 is 34.4. The van der Waals surface area contributed by atoms with Crippen molar-refractivity contribution in [1.29, 1.82) is 0 Å². The summed E-state index contributed by atoms with van der Waals surface area (Å²) in [6.45, 7) is 1.62. The predicted octanol–water partition coefficient (Wildman–Crippen LogP) is 10.8. The van der Waals surface area contributed by atoms with Gasteiger partial charge in [-0.15, -0.1) is 0 Å². The Kier molecular flexibility index (Phi) is 51.1. The van der Waals surface area contributed by atoms with Gasteiger partial charge in [0.15, 0.2) is 18.9 Å². The van der Waals surface area contributed by atoms with Crippen molar-refractivity contribution in [1.82, 2.24) is 5.32 Å². The summed E-state index contributed by atoms with van der Waals surface area (Å²) >= 11 is 0. The molecular weight excluding hydrogens is 1210 g/mol. The van der Waals surface area contributed by atoms with E-state index in [2.05, 4.69) is 104 Å². The van der Waals surface area contributed by atoms with Gasteiger partial charge in [-0.05, 0) is 77.0 Å². The maximum Gasteiger partial charge on any atom is 0.220 e. The summed E-state index contributed by atoms with van der Waals surface area (Å²) in [6, 6.07) is -0.984. The summed E-state index contributed by atoms with van der Waals surface area (Å²) in [4.78, 5) is 13.4. The summed E-state index contributed by atoms with van der Waals surface area (Å²) in [5, 5.41) is 121. The molecule has 17 unspecified atom stereocenters. The second-order valence-corrected chi connectivity index (χ2v) is 26.0. The van der Waals surface area contributed by atoms with Gasteiger partial charge in [0.05, 0.1) is 38.6 Å². The third-order valence-corrected chi connectivity index (χ3v) is 17.9. The molecule has 548 valence electrons. The van der Waals surface area contributed by atoms with Crippen LogP contribution in [0, 0.1) is 0 Å². The van der Waals surface area contributed by atoms with Crippen LogP contribution in [0.5, 0.6) is 0 Å². The quantitative estimate of drug-likeness (QED) is 0.0199. The molecule has 17 atom stereocenters. The maximum absolute atomic E-state index is 13.4. The first-order chi connectivity index (χ1) is 46.3. The Labute approximate surface area is 571 Å². The van der Waals surface area contributed by atoms with Gasteiger partial charge in [-0.25, -0.2) is 0 Å². The fraction of sp³-hybridized carbons (Fsp3) is 0.776. The molecule has 0 aromatic rings. The topological polar surface area (TPSA) is 307 Å². The highest BCUT2D eigenvalue weighted by Crippen LogP contribution is 2.33. The van der Waals surface area contributed by atoms with Crippen LogP contribution in [-0.2, 0) is 33.2 Å². The lowest BCUT2D eigenvalue weighted by Gasteiger charge is -2.48. The van der Waals surface area contributed by atoms with Gasteiger partial charge in [-0.2, -0.15) is 0 Å². The number of allylic oxidation sites excluding steroid dienone is 15. The fourth-order valence-corrected chi connectivity index (χ4v) is 11.9. The van der Waals surface area contributed by atoms with Crippen molar-refractivity contribution in [2.75, 3.05) is 26.4 Å². The third-order valence-electron chi connectivity index (χ3n) is 17.9. The van der Waals surface area contributed by atoms with Crippen LogP contribution in [0.4, 0.5) is 0 Å². The van der Waals surface area contributed by atoms with Gasteiger partial charge in [-0.3, -0.25) is 4.79 Å². The molecular formula is C76H131NO18. The highest BCUT2D eigenvalue weighted by atomic mass is 16.8. The van der Waals surface area contributed by atoms with Gasteiger partial charge in [0.2, 0.25) is 5.91 Å². The number of hydrogen-bond acceptors (Lipinski definition) is 18. The number of amides is 1. The molecule has 0 spiro atoms. The molecule has 19 heteroatoms. The van der Waals surface area contributed by atoms with Gasteiger partial charge in [0.1, 0.15) is 73.2 Å². The second kappa shape index (κ2) is 56.5. The van der Waals surface area contributed by atoms with Crippen LogP contribution in [0.25, 0.3) is 0 Å². The van der Waals surface area contributed by atoms with Gasteiger partial charge >= 0.3 is 0 Å². The zero-order valence-corrected chi connectivity index (χ0v) is 58.1. The lowest BCUT2D eigenvalue weighted by molar-refractivity contribution is -0.379. The van der Waals surface area contributed by atoms with E-state index < -0.39 is 124 Å². The minimum atomic E-state index is -1.98. The lowest BCUT2D eigenvalue weighted by atomic mass is 9.96. The van der Waals surface area contributed by atoms with Gasteiger partial charge in [-0.1, -0.05) is 259 Å². The molecule has 0 aromatic heterocycles. The first-order valence-corrected chi connectivity index (χ1v) is 37.0. The highest BCUT2D eigenvalue weighted by molar-refractivity contribution is 5.76. The Morgan fingerprint density at radius 1 is 0.389 bits per heavy atom. The van der Waals surface area contributed by atoms with Gasteiger partial charge in [0.25, 0.3) is 0 Å². The molecule has 3 fully saturated rings. The monoisotopic (exact) mass is 1350 g/mol. The zero-order valence-electron chi connectivity index (χ0n) is 58.1. The number of aliphatic hydroxyl groups excluding tert-OH is 11. The number of carbonyl (C=O) groups excluding carboxylic acids is 1. The van der Waals surface area contributed by atoms with Crippen molar-refractivity contribution in [2.45, 2.75) is 349 Å². The molecule has 1 amide bonds. The van der Waals surface area contributed by atoms with E-state index in [0.717, 1.165) is 103 Å². The fourth-order valence-electron chi connectivity index (χ4n) is 11.9. The summed E-state index contributed by atoms with van der Waals surface area (Å²) in [5.74, 6) is -0.285. The Hall–Kier alpha value is -3.29. The van der Waals surface area contributed by atoms with E-state index in [1.54, 1.807) is 6.08 Å². The van der Waals surface area contributed by atoms with E-state index in [1.807, 2.05) is 6.08 Å². The van der Waals surface area contributed by atoms with E-state index in [1.165, 1.54) is 116 Å². The smallest absolute Gasteiger partial charge is 0.220 e. The van der Waals surface area contributed by atoms with E-state index >= 15 is 0 Å². The molecule has 0 bridgehead atoms. The summed E-state index contributed by atoms with van der Waals surface area (Å²) in [5.41, 5.74) is 0. The molecule has 0 saturated carbocycles. The molecule has 0 radical (unpaired) electrons. The average molecular weight is 1350 g/mol. The molecule has 3 aliphatic heterocycles. The van der Waals surface area contributed by atoms with Crippen molar-refractivity contribution in [3.8, 4) is 0 Å². The molecule has 95 heavy (non-hydrogen) atoms.